The maximum Gasteiger partial charge on any atom is 0.126 e. The number of nitrogen functional groups attached to an aromatic ring is 1. The van der Waals surface area contributed by atoms with Crippen LogP contribution in [0.15, 0.2) is 30.7 Å². The van der Waals surface area contributed by atoms with E-state index in [1.165, 1.54) is 5.56 Å². The number of pyridine rings is 1. The molecule has 2 heterocycles. The smallest absolute Gasteiger partial charge is 0.126 e. The third-order valence-electron chi connectivity index (χ3n) is 2.22. The Bertz CT molecular complexity index is 463. The topological polar surface area (TPSA) is 68.8 Å². The molecular weight excluding hydrogens is 202 g/mol. The van der Waals surface area contributed by atoms with E-state index in [1.54, 1.807) is 17.1 Å². The van der Waals surface area contributed by atoms with Crippen molar-refractivity contribution in [3.63, 3.8) is 0 Å². The van der Waals surface area contributed by atoms with Gasteiger partial charge in [0.05, 0.1) is 18.4 Å². The van der Waals surface area contributed by atoms with Gasteiger partial charge < -0.3 is 11.1 Å². The molecule has 5 heteroatoms. The quantitative estimate of drug-likeness (QED) is 0.809. The Hall–Kier alpha value is -2.04. The normalized spacial score (nSPS) is 10.3. The van der Waals surface area contributed by atoms with E-state index in [4.69, 9.17) is 5.73 Å². The first kappa shape index (κ1) is 10.5. The predicted molar refractivity (Wildman–Crippen MR) is 64.1 cm³/mol. The molecule has 16 heavy (non-hydrogen) atoms. The van der Waals surface area contributed by atoms with Gasteiger partial charge in [-0.25, -0.2) is 4.98 Å². The lowest BCUT2D eigenvalue weighted by Gasteiger charge is -2.05. The molecule has 0 amide bonds. The zero-order valence-electron chi connectivity index (χ0n) is 9.22. The van der Waals surface area contributed by atoms with Crippen LogP contribution in [0.2, 0.25) is 0 Å². The first-order valence-corrected chi connectivity index (χ1v) is 5.18. The Morgan fingerprint density at radius 3 is 3.06 bits per heavy atom. The lowest BCUT2D eigenvalue weighted by molar-refractivity contribution is 0.637. The number of hydrogen-bond donors (Lipinski definition) is 2. The van der Waals surface area contributed by atoms with E-state index in [-0.39, 0.29) is 0 Å². The van der Waals surface area contributed by atoms with Gasteiger partial charge in [0.1, 0.15) is 5.82 Å². The van der Waals surface area contributed by atoms with Crippen LogP contribution in [0.4, 0.5) is 11.5 Å². The van der Waals surface area contributed by atoms with E-state index in [1.807, 2.05) is 25.3 Å². The van der Waals surface area contributed by atoms with Crippen LogP contribution in [-0.4, -0.2) is 21.3 Å². The Kier molecular flexibility index (Phi) is 3.05. The molecule has 0 aromatic carbocycles. The molecule has 0 aliphatic rings. The van der Waals surface area contributed by atoms with Gasteiger partial charge in [-0.15, -0.1) is 0 Å². The highest BCUT2D eigenvalue weighted by molar-refractivity contribution is 5.36. The Morgan fingerprint density at radius 2 is 2.38 bits per heavy atom. The summed E-state index contributed by atoms with van der Waals surface area (Å²) in [6, 6.07) is 3.98. The molecule has 84 valence electrons. The lowest BCUT2D eigenvalue weighted by atomic mass is 10.3. The van der Waals surface area contributed by atoms with E-state index in [2.05, 4.69) is 15.4 Å². The van der Waals surface area contributed by atoms with Crippen LogP contribution >= 0.6 is 0 Å². The first-order valence-electron chi connectivity index (χ1n) is 5.18. The number of nitrogens with two attached hydrogens (primary N) is 1. The molecular formula is C11H15N5. The van der Waals surface area contributed by atoms with Gasteiger partial charge >= 0.3 is 0 Å². The SMILES string of the molecule is Cc1ccnc(NCCn2cc(N)cn2)c1. The van der Waals surface area contributed by atoms with Gasteiger partial charge in [-0.1, -0.05) is 0 Å². The van der Waals surface area contributed by atoms with Crippen LogP contribution in [0.1, 0.15) is 5.56 Å². The zero-order chi connectivity index (χ0) is 11.4. The summed E-state index contributed by atoms with van der Waals surface area (Å²) >= 11 is 0. The van der Waals surface area contributed by atoms with Crippen molar-refractivity contribution in [3.8, 4) is 0 Å². The fourth-order valence-corrected chi connectivity index (χ4v) is 1.43. The lowest BCUT2D eigenvalue weighted by Crippen LogP contribution is -2.11. The zero-order valence-corrected chi connectivity index (χ0v) is 9.22. The Morgan fingerprint density at radius 1 is 1.50 bits per heavy atom. The average molecular weight is 217 g/mol. The third-order valence-corrected chi connectivity index (χ3v) is 2.22. The largest absolute Gasteiger partial charge is 0.396 e. The summed E-state index contributed by atoms with van der Waals surface area (Å²) in [6.45, 7) is 3.59. The Labute approximate surface area is 94.3 Å². The summed E-state index contributed by atoms with van der Waals surface area (Å²) in [6.07, 6.45) is 5.25. The van der Waals surface area contributed by atoms with Crippen molar-refractivity contribution in [1.29, 1.82) is 0 Å². The van der Waals surface area contributed by atoms with Crippen LogP contribution < -0.4 is 11.1 Å². The molecule has 0 fully saturated rings. The molecule has 0 bridgehead atoms. The molecule has 0 spiro atoms. The van der Waals surface area contributed by atoms with Crippen molar-refractivity contribution in [1.82, 2.24) is 14.8 Å². The number of rotatable bonds is 4. The van der Waals surface area contributed by atoms with Crippen LogP contribution in [0.25, 0.3) is 0 Å². The molecule has 0 atom stereocenters. The second-order valence-electron chi connectivity index (χ2n) is 3.68. The molecule has 0 aliphatic heterocycles. The fourth-order valence-electron chi connectivity index (χ4n) is 1.43. The van der Waals surface area contributed by atoms with Gasteiger partial charge in [0.15, 0.2) is 0 Å². The van der Waals surface area contributed by atoms with Crippen molar-refractivity contribution in [2.45, 2.75) is 13.5 Å². The second-order valence-corrected chi connectivity index (χ2v) is 3.68. The summed E-state index contributed by atoms with van der Waals surface area (Å²) in [5, 5.41) is 7.33. The number of nitrogens with zero attached hydrogens (tertiary/aromatic N) is 3. The van der Waals surface area contributed by atoms with Crippen molar-refractivity contribution in [3.05, 3.63) is 36.3 Å². The molecule has 3 N–H and O–H groups in total. The predicted octanol–water partition coefficient (Wildman–Crippen LogP) is 1.28. The van der Waals surface area contributed by atoms with E-state index in [0.29, 0.717) is 5.69 Å². The van der Waals surface area contributed by atoms with Crippen molar-refractivity contribution in [2.75, 3.05) is 17.6 Å². The van der Waals surface area contributed by atoms with Gasteiger partial charge in [0.25, 0.3) is 0 Å². The highest BCUT2D eigenvalue weighted by atomic mass is 15.3. The van der Waals surface area contributed by atoms with Crippen LogP contribution in [0.5, 0.6) is 0 Å². The molecule has 2 rings (SSSR count). The van der Waals surface area contributed by atoms with Crippen LogP contribution in [0, 0.1) is 6.92 Å². The maximum atomic E-state index is 5.57. The van der Waals surface area contributed by atoms with Gasteiger partial charge in [-0.2, -0.15) is 5.10 Å². The summed E-state index contributed by atoms with van der Waals surface area (Å²) in [7, 11) is 0. The minimum Gasteiger partial charge on any atom is -0.396 e. The number of anilines is 2. The summed E-state index contributed by atoms with van der Waals surface area (Å²) in [5.74, 6) is 0.889. The molecule has 0 radical (unpaired) electrons. The Balaban J connectivity index is 1.84. The summed E-state index contributed by atoms with van der Waals surface area (Å²) in [5.41, 5.74) is 7.45. The standard InChI is InChI=1S/C11H15N5/c1-9-2-3-13-11(6-9)14-4-5-16-8-10(12)7-15-16/h2-3,6-8H,4-5,12H2,1H3,(H,13,14). The average Bonchev–Trinajstić information content (AvgIpc) is 2.64. The molecule has 0 aliphatic carbocycles. The van der Waals surface area contributed by atoms with Gasteiger partial charge in [0.2, 0.25) is 0 Å². The highest BCUT2D eigenvalue weighted by Crippen LogP contribution is 2.04. The highest BCUT2D eigenvalue weighted by Gasteiger charge is 1.96. The summed E-state index contributed by atoms with van der Waals surface area (Å²) < 4.78 is 1.80. The molecule has 0 saturated heterocycles. The fraction of sp³-hybridized carbons (Fsp3) is 0.273. The van der Waals surface area contributed by atoms with Crippen molar-refractivity contribution < 1.29 is 0 Å². The van der Waals surface area contributed by atoms with Gasteiger partial charge in [-0.05, 0) is 24.6 Å². The van der Waals surface area contributed by atoms with E-state index in [0.717, 1.165) is 18.9 Å². The molecule has 5 nitrogen and oxygen atoms in total. The monoisotopic (exact) mass is 217 g/mol. The molecule has 0 unspecified atom stereocenters. The van der Waals surface area contributed by atoms with Crippen molar-refractivity contribution >= 4 is 11.5 Å². The van der Waals surface area contributed by atoms with Gasteiger partial charge in [0, 0.05) is 18.9 Å². The second kappa shape index (κ2) is 4.65. The van der Waals surface area contributed by atoms with Crippen molar-refractivity contribution in [2.24, 2.45) is 0 Å². The number of hydrogen-bond acceptors (Lipinski definition) is 4. The van der Waals surface area contributed by atoms with Crippen LogP contribution in [0.3, 0.4) is 0 Å². The molecule has 2 aromatic rings. The third kappa shape index (κ3) is 2.73. The van der Waals surface area contributed by atoms with E-state index in [9.17, 15) is 0 Å². The maximum absolute atomic E-state index is 5.57. The number of aromatic nitrogens is 3. The van der Waals surface area contributed by atoms with Crippen LogP contribution in [-0.2, 0) is 6.54 Å². The number of aryl methyl sites for hydroxylation is 1. The minimum absolute atomic E-state index is 0.689. The van der Waals surface area contributed by atoms with Gasteiger partial charge in [-0.3, -0.25) is 4.68 Å². The molecule has 2 aromatic heterocycles. The summed E-state index contributed by atoms with van der Waals surface area (Å²) in [4.78, 5) is 4.21. The van der Waals surface area contributed by atoms with E-state index < -0.39 is 0 Å². The molecule has 0 saturated carbocycles. The minimum atomic E-state index is 0.689. The first-order chi connectivity index (χ1) is 7.74. The number of nitrogens with one attached hydrogen (secondary N) is 1. The van der Waals surface area contributed by atoms with E-state index >= 15 is 0 Å².